The molecule has 1 aliphatic carbocycles. The van der Waals surface area contributed by atoms with Crippen molar-refractivity contribution in [2.45, 2.75) is 122 Å². The molecule has 1 aliphatic rings. The van der Waals surface area contributed by atoms with E-state index in [9.17, 15) is 0 Å². The molecule has 0 spiro atoms. The smallest absolute Gasteiger partial charge is 0.0431 e. The van der Waals surface area contributed by atoms with E-state index in [1.807, 2.05) is 0 Å². The highest BCUT2D eigenvalue weighted by atomic mass is 16.3. The molecule has 0 aliphatic heterocycles. The molecule has 0 fully saturated rings. The van der Waals surface area contributed by atoms with Crippen LogP contribution in [0.1, 0.15) is 122 Å². The third-order valence-corrected chi connectivity index (χ3v) is 5.58. The Balaban J connectivity index is 2.70. The van der Waals surface area contributed by atoms with E-state index in [1.54, 1.807) is 0 Å². The highest BCUT2D eigenvalue weighted by Crippen LogP contribution is 2.22. The molecule has 1 rings (SSSR count). The lowest BCUT2D eigenvalue weighted by molar-refractivity contribution is 0.283. The highest BCUT2D eigenvalue weighted by molar-refractivity contribution is 5.10. The minimum absolute atomic E-state index is 0.324. The molecular weight excluding hydrogens is 320 g/mol. The van der Waals surface area contributed by atoms with Crippen LogP contribution in [0.5, 0.6) is 0 Å². The fourth-order valence-corrected chi connectivity index (χ4v) is 3.92. The van der Waals surface area contributed by atoms with Gasteiger partial charge in [0, 0.05) is 13.2 Å². The number of rotatable bonds is 10. The van der Waals surface area contributed by atoms with Crippen LogP contribution in [0.4, 0.5) is 0 Å². The van der Waals surface area contributed by atoms with Crippen molar-refractivity contribution in [1.82, 2.24) is 0 Å². The first kappa shape index (κ1) is 23.5. The third-order valence-electron chi connectivity index (χ3n) is 5.58. The van der Waals surface area contributed by atoms with Gasteiger partial charge in [0.2, 0.25) is 0 Å². The Morgan fingerprint density at radius 2 is 0.885 bits per heavy atom. The monoisotopic (exact) mass is 364 g/mol. The van der Waals surface area contributed by atoms with Gasteiger partial charge in [-0.15, -0.1) is 5.73 Å². The van der Waals surface area contributed by atoms with E-state index in [2.05, 4.69) is 5.73 Å². The van der Waals surface area contributed by atoms with Crippen molar-refractivity contribution in [1.29, 1.82) is 0 Å². The molecule has 0 atom stereocenters. The van der Waals surface area contributed by atoms with E-state index in [1.165, 1.54) is 107 Å². The van der Waals surface area contributed by atoms with Gasteiger partial charge in [-0.2, -0.15) is 0 Å². The maximum absolute atomic E-state index is 9.00. The second-order valence-corrected chi connectivity index (χ2v) is 8.08. The standard InChI is InChI=1S/C24H44O2/c25-20-14-8-12-18-23-16-10-6-4-2-1-3-5-7-11-17-24(22-23)19-13-9-15-21-26/h25-26H,1-21H2. The van der Waals surface area contributed by atoms with Crippen LogP contribution in [0.3, 0.4) is 0 Å². The molecular formula is C24H44O2. The Morgan fingerprint density at radius 1 is 0.500 bits per heavy atom. The van der Waals surface area contributed by atoms with Crippen LogP contribution in [0.15, 0.2) is 16.9 Å². The second kappa shape index (κ2) is 17.8. The van der Waals surface area contributed by atoms with Crippen LogP contribution in [-0.2, 0) is 0 Å². The lowest BCUT2D eigenvalue weighted by Gasteiger charge is -2.10. The fourth-order valence-electron chi connectivity index (χ4n) is 3.92. The molecule has 0 aromatic heterocycles. The maximum Gasteiger partial charge on any atom is 0.0431 e. The minimum atomic E-state index is 0.324. The Morgan fingerprint density at radius 3 is 1.27 bits per heavy atom. The fraction of sp³-hybridized carbons (Fsp3) is 0.875. The molecule has 2 heteroatoms. The predicted molar refractivity (Wildman–Crippen MR) is 112 cm³/mol. The largest absolute Gasteiger partial charge is 0.396 e. The summed E-state index contributed by atoms with van der Waals surface area (Å²) in [6.45, 7) is 0.649. The summed E-state index contributed by atoms with van der Waals surface area (Å²) in [4.78, 5) is 0. The number of unbranched alkanes of at least 4 members (excludes halogenated alkanes) is 4. The number of aliphatic hydroxyl groups is 2. The van der Waals surface area contributed by atoms with Crippen molar-refractivity contribution in [3.8, 4) is 0 Å². The van der Waals surface area contributed by atoms with E-state index < -0.39 is 0 Å². The van der Waals surface area contributed by atoms with Crippen molar-refractivity contribution in [2.24, 2.45) is 0 Å². The first-order valence-corrected chi connectivity index (χ1v) is 11.5. The van der Waals surface area contributed by atoms with Crippen LogP contribution in [-0.4, -0.2) is 23.4 Å². The van der Waals surface area contributed by atoms with Crippen molar-refractivity contribution in [3.05, 3.63) is 16.9 Å². The third kappa shape index (κ3) is 13.6. The minimum Gasteiger partial charge on any atom is -0.396 e. The van der Waals surface area contributed by atoms with Crippen LogP contribution in [0.25, 0.3) is 0 Å². The van der Waals surface area contributed by atoms with Crippen molar-refractivity contribution < 1.29 is 10.2 Å². The summed E-state index contributed by atoms with van der Waals surface area (Å²) in [6.07, 6.45) is 23.7. The van der Waals surface area contributed by atoms with E-state index >= 15 is 0 Å². The molecule has 2 nitrogen and oxygen atoms in total. The van der Waals surface area contributed by atoms with Gasteiger partial charge >= 0.3 is 0 Å². The SMILES string of the molecule is OCCCCCC1=C=C(CCCCCO)CCCCCCCCCCC1. The van der Waals surface area contributed by atoms with E-state index in [-0.39, 0.29) is 0 Å². The van der Waals surface area contributed by atoms with Gasteiger partial charge in [-0.1, -0.05) is 57.8 Å². The van der Waals surface area contributed by atoms with Gasteiger partial charge in [0.1, 0.15) is 0 Å². The summed E-state index contributed by atoms with van der Waals surface area (Å²) in [6, 6.07) is 0. The average Bonchev–Trinajstić information content (AvgIpc) is 2.65. The average molecular weight is 365 g/mol. The van der Waals surface area contributed by atoms with E-state index in [4.69, 9.17) is 10.2 Å². The van der Waals surface area contributed by atoms with Gasteiger partial charge in [-0.25, -0.2) is 0 Å². The quantitative estimate of drug-likeness (QED) is 0.329. The van der Waals surface area contributed by atoms with Gasteiger partial charge in [0.15, 0.2) is 0 Å². The van der Waals surface area contributed by atoms with Crippen LogP contribution < -0.4 is 0 Å². The van der Waals surface area contributed by atoms with Gasteiger partial charge < -0.3 is 10.2 Å². The summed E-state index contributed by atoms with van der Waals surface area (Å²) in [7, 11) is 0. The van der Waals surface area contributed by atoms with E-state index in [0.29, 0.717) is 13.2 Å². The lowest BCUT2D eigenvalue weighted by atomic mass is 9.95. The lowest BCUT2D eigenvalue weighted by Crippen LogP contribution is -1.92. The van der Waals surface area contributed by atoms with Crippen molar-refractivity contribution in [2.75, 3.05) is 13.2 Å². The zero-order valence-corrected chi connectivity index (χ0v) is 17.2. The van der Waals surface area contributed by atoms with Crippen LogP contribution in [0.2, 0.25) is 0 Å². The highest BCUT2D eigenvalue weighted by Gasteiger charge is 2.04. The van der Waals surface area contributed by atoms with Crippen molar-refractivity contribution >= 4 is 0 Å². The molecule has 0 unspecified atom stereocenters. The molecule has 0 bridgehead atoms. The van der Waals surface area contributed by atoms with Gasteiger partial charge in [0.25, 0.3) is 0 Å². The molecule has 0 aromatic rings. The molecule has 26 heavy (non-hydrogen) atoms. The number of aliphatic hydroxyl groups excluding tert-OH is 2. The van der Waals surface area contributed by atoms with Gasteiger partial charge in [-0.05, 0) is 75.4 Å². The summed E-state index contributed by atoms with van der Waals surface area (Å²) in [5.74, 6) is 0. The summed E-state index contributed by atoms with van der Waals surface area (Å²) >= 11 is 0. The summed E-state index contributed by atoms with van der Waals surface area (Å²) in [5, 5.41) is 18.0. The summed E-state index contributed by atoms with van der Waals surface area (Å²) in [5.41, 5.74) is 6.95. The molecule has 2 N–H and O–H groups in total. The van der Waals surface area contributed by atoms with Crippen LogP contribution >= 0.6 is 0 Å². The Bertz CT molecular complexity index is 348. The van der Waals surface area contributed by atoms with Gasteiger partial charge in [-0.3, -0.25) is 0 Å². The van der Waals surface area contributed by atoms with E-state index in [0.717, 1.165) is 25.7 Å². The molecule has 0 aromatic carbocycles. The molecule has 152 valence electrons. The second-order valence-electron chi connectivity index (χ2n) is 8.08. The number of hydrogen-bond acceptors (Lipinski definition) is 2. The van der Waals surface area contributed by atoms with Gasteiger partial charge in [0.05, 0.1) is 0 Å². The Kier molecular flexibility index (Phi) is 16.1. The number of hydrogen-bond donors (Lipinski definition) is 2. The van der Waals surface area contributed by atoms with Crippen molar-refractivity contribution in [3.63, 3.8) is 0 Å². The molecule has 0 radical (unpaired) electrons. The first-order valence-electron chi connectivity index (χ1n) is 11.5. The maximum atomic E-state index is 9.00. The Hall–Kier alpha value is -0.560. The van der Waals surface area contributed by atoms with Crippen LogP contribution in [0, 0.1) is 0 Å². The molecule has 0 heterocycles. The zero-order valence-electron chi connectivity index (χ0n) is 17.2. The normalized spacial score (nSPS) is 18.1. The molecule has 0 saturated heterocycles. The zero-order chi connectivity index (χ0) is 18.7. The number of allylic oxidation sites excluding steroid dienone is 1. The topological polar surface area (TPSA) is 40.5 Å². The first-order chi connectivity index (χ1) is 12.9. The molecule has 0 amide bonds. The summed E-state index contributed by atoms with van der Waals surface area (Å²) < 4.78 is 0. The Labute approximate surface area is 162 Å². The predicted octanol–water partition coefficient (Wildman–Crippen LogP) is 6.85. The molecule has 0 saturated carbocycles.